The van der Waals surface area contributed by atoms with Crippen LogP contribution < -0.4 is 0 Å². The van der Waals surface area contributed by atoms with E-state index >= 15 is 0 Å². The maximum absolute atomic E-state index is 8.07. The van der Waals surface area contributed by atoms with Crippen LogP contribution in [0.15, 0.2) is 59.2 Å². The average Bonchev–Trinajstić information content (AvgIpc) is 2.51. The predicted octanol–water partition coefficient (Wildman–Crippen LogP) is 4.06. The zero-order valence-electron chi connectivity index (χ0n) is 13.6. The van der Waals surface area contributed by atoms with Crippen LogP contribution >= 0.6 is 15.9 Å². The second kappa shape index (κ2) is 4.26. The Kier molecular flexibility index (Phi) is 1.57. The summed E-state index contributed by atoms with van der Waals surface area (Å²) in [4.78, 5) is 8.48. The van der Waals surface area contributed by atoms with Gasteiger partial charge in [-0.1, -0.05) is 48.4 Å². The first-order valence-electron chi connectivity index (χ1n) is 7.41. The minimum atomic E-state index is -0.420. The molecule has 0 radical (unpaired) electrons. The maximum atomic E-state index is 8.07. The molecule has 0 N–H and O–H groups in total. The number of rotatable bonds is 1. The molecular weight excluding hydrogens is 276 g/mol. The second-order valence-corrected chi connectivity index (χ2v) is 4.07. The molecule has 3 aromatic rings. The molecule has 2 aromatic carbocycles. The molecule has 0 aliphatic rings. The van der Waals surface area contributed by atoms with Gasteiger partial charge < -0.3 is 0 Å². The number of hydrogen-bond acceptors (Lipinski definition) is 2. The van der Waals surface area contributed by atoms with E-state index in [1.165, 1.54) is 0 Å². The van der Waals surface area contributed by atoms with E-state index in [9.17, 15) is 0 Å². The van der Waals surface area contributed by atoms with Crippen molar-refractivity contribution in [3.8, 4) is 11.3 Å². The molecule has 17 heavy (non-hydrogen) atoms. The van der Waals surface area contributed by atoms with Gasteiger partial charge in [-0.25, -0.2) is 9.97 Å². The number of fused-ring (bicyclic) bond motifs is 1. The standard InChI is InChI=1S/C14H9BrN2/c15-14-16-12-9-5-4-8-11(12)13(17-14)10-6-2-1-3-7-10/h1-9H/i1D,2D,3D,6D,7D. The molecule has 3 heteroatoms. The van der Waals surface area contributed by atoms with Crippen LogP contribution in [0.3, 0.4) is 0 Å². The summed E-state index contributed by atoms with van der Waals surface area (Å²) in [6, 6.07) is 5.41. The van der Waals surface area contributed by atoms with E-state index < -0.39 is 6.04 Å². The SMILES string of the molecule is [2H]c1c([2H])c([2H])c(-c2nc(Br)nc3ccccc23)c([2H])c1[2H]. The highest BCUT2D eigenvalue weighted by molar-refractivity contribution is 9.10. The summed E-state index contributed by atoms with van der Waals surface area (Å²) < 4.78 is 39.7. The fourth-order valence-corrected chi connectivity index (χ4v) is 1.98. The fraction of sp³-hybridized carbons (Fsp3) is 0. The molecule has 0 saturated carbocycles. The van der Waals surface area contributed by atoms with Crippen LogP contribution in [0.2, 0.25) is 0 Å². The highest BCUT2D eigenvalue weighted by Crippen LogP contribution is 2.26. The maximum Gasteiger partial charge on any atom is 0.197 e. The zero-order valence-corrected chi connectivity index (χ0v) is 10.2. The van der Waals surface area contributed by atoms with Crippen molar-refractivity contribution >= 4 is 26.8 Å². The van der Waals surface area contributed by atoms with Gasteiger partial charge in [0.05, 0.1) is 18.1 Å². The van der Waals surface area contributed by atoms with Crippen LogP contribution in [-0.4, -0.2) is 9.97 Å². The van der Waals surface area contributed by atoms with Gasteiger partial charge in [0.25, 0.3) is 0 Å². The summed E-state index contributed by atoms with van der Waals surface area (Å²) in [6.45, 7) is 0. The van der Waals surface area contributed by atoms with Gasteiger partial charge in [0.1, 0.15) is 0 Å². The summed E-state index contributed by atoms with van der Waals surface area (Å²) in [6.07, 6.45) is 0. The van der Waals surface area contributed by atoms with Gasteiger partial charge in [-0.2, -0.15) is 0 Å². The Balaban J connectivity index is 2.48. The average molecular weight is 290 g/mol. The Morgan fingerprint density at radius 1 is 1.00 bits per heavy atom. The van der Waals surface area contributed by atoms with E-state index in [4.69, 9.17) is 6.85 Å². The first-order chi connectivity index (χ1) is 10.4. The van der Waals surface area contributed by atoms with Crippen LogP contribution in [0.25, 0.3) is 22.2 Å². The lowest BCUT2D eigenvalue weighted by Gasteiger charge is -2.05. The quantitative estimate of drug-likeness (QED) is 0.632. The lowest BCUT2D eigenvalue weighted by Crippen LogP contribution is -1.90. The molecule has 0 saturated heterocycles. The molecule has 1 aromatic heterocycles. The smallest absolute Gasteiger partial charge is 0.197 e. The zero-order chi connectivity index (χ0) is 16.0. The third-order valence-corrected chi connectivity index (χ3v) is 2.67. The first-order valence-corrected chi connectivity index (χ1v) is 5.70. The molecule has 0 atom stereocenters. The van der Waals surface area contributed by atoms with Crippen molar-refractivity contribution < 1.29 is 6.85 Å². The van der Waals surface area contributed by atoms with Crippen LogP contribution in [0.1, 0.15) is 6.85 Å². The van der Waals surface area contributed by atoms with Gasteiger partial charge >= 0.3 is 0 Å². The molecule has 0 bridgehead atoms. The Hall–Kier alpha value is -1.74. The Morgan fingerprint density at radius 2 is 1.76 bits per heavy atom. The number of halogens is 1. The van der Waals surface area contributed by atoms with Gasteiger partial charge in [0.15, 0.2) is 4.73 Å². The van der Waals surface area contributed by atoms with Gasteiger partial charge in [-0.15, -0.1) is 0 Å². The Bertz CT molecular complexity index is 884. The van der Waals surface area contributed by atoms with E-state index in [0.717, 1.165) is 0 Å². The van der Waals surface area contributed by atoms with E-state index in [2.05, 4.69) is 25.9 Å². The molecule has 0 fully saturated rings. The van der Waals surface area contributed by atoms with E-state index in [1.54, 1.807) is 18.2 Å². The normalized spacial score (nSPS) is 14.8. The van der Waals surface area contributed by atoms with Crippen molar-refractivity contribution in [2.75, 3.05) is 0 Å². The van der Waals surface area contributed by atoms with Gasteiger partial charge in [0.2, 0.25) is 0 Å². The number of nitrogens with zero attached hydrogens (tertiary/aromatic N) is 2. The third-order valence-electron chi connectivity index (χ3n) is 2.31. The molecule has 0 amide bonds. The minimum Gasteiger partial charge on any atom is -0.222 e. The highest BCUT2D eigenvalue weighted by atomic mass is 79.9. The van der Waals surface area contributed by atoms with Gasteiger partial charge in [-0.3, -0.25) is 0 Å². The summed E-state index contributed by atoms with van der Waals surface area (Å²) in [5.41, 5.74) is 1.02. The van der Waals surface area contributed by atoms with Crippen LogP contribution in [0.4, 0.5) is 0 Å². The molecular formula is C14H9BrN2. The molecule has 3 rings (SSSR count). The first kappa shape index (κ1) is 6.26. The van der Waals surface area contributed by atoms with Crippen molar-refractivity contribution in [1.82, 2.24) is 9.97 Å². The summed E-state index contributed by atoms with van der Waals surface area (Å²) in [7, 11) is 0. The third kappa shape index (κ3) is 1.94. The summed E-state index contributed by atoms with van der Waals surface area (Å²) in [5.74, 6) is 0. The lowest BCUT2D eigenvalue weighted by molar-refractivity contribution is 1.16. The monoisotopic (exact) mass is 289 g/mol. The second-order valence-electron chi connectivity index (χ2n) is 3.36. The highest BCUT2D eigenvalue weighted by Gasteiger charge is 2.07. The largest absolute Gasteiger partial charge is 0.222 e. The van der Waals surface area contributed by atoms with E-state index in [0.29, 0.717) is 21.3 Å². The Labute approximate surface area is 115 Å². The summed E-state index contributed by atoms with van der Waals surface area (Å²) in [5, 5.41) is 0.629. The van der Waals surface area contributed by atoms with E-state index in [-0.39, 0.29) is 29.7 Å². The molecule has 1 heterocycles. The van der Waals surface area contributed by atoms with Gasteiger partial charge in [0, 0.05) is 10.9 Å². The molecule has 0 spiro atoms. The number of para-hydroxylation sites is 1. The molecule has 82 valence electrons. The van der Waals surface area contributed by atoms with Crippen LogP contribution in [0.5, 0.6) is 0 Å². The fourth-order valence-electron chi connectivity index (χ4n) is 1.61. The summed E-state index contributed by atoms with van der Waals surface area (Å²) >= 11 is 3.21. The van der Waals surface area contributed by atoms with Crippen molar-refractivity contribution in [2.45, 2.75) is 0 Å². The molecule has 2 nitrogen and oxygen atoms in total. The van der Waals surface area contributed by atoms with Crippen molar-refractivity contribution in [3.63, 3.8) is 0 Å². The lowest BCUT2D eigenvalue weighted by atomic mass is 10.1. The van der Waals surface area contributed by atoms with Crippen molar-refractivity contribution in [2.24, 2.45) is 0 Å². The molecule has 0 aliphatic carbocycles. The number of benzene rings is 2. The van der Waals surface area contributed by atoms with Crippen LogP contribution in [0, 0.1) is 0 Å². The van der Waals surface area contributed by atoms with Crippen molar-refractivity contribution in [3.05, 3.63) is 59.2 Å². The van der Waals surface area contributed by atoms with Gasteiger partial charge in [-0.05, 0) is 22.0 Å². The predicted molar refractivity (Wildman–Crippen MR) is 72.7 cm³/mol. The van der Waals surface area contributed by atoms with Crippen LogP contribution in [-0.2, 0) is 0 Å². The molecule has 0 unspecified atom stereocenters. The minimum absolute atomic E-state index is 0.0744. The number of hydrogen-bond donors (Lipinski definition) is 0. The topological polar surface area (TPSA) is 25.8 Å². The Morgan fingerprint density at radius 3 is 2.59 bits per heavy atom. The molecule has 0 aliphatic heterocycles. The van der Waals surface area contributed by atoms with E-state index in [1.807, 2.05) is 6.07 Å². The number of aromatic nitrogens is 2. The van der Waals surface area contributed by atoms with Crippen molar-refractivity contribution in [1.29, 1.82) is 0 Å².